The third-order valence-electron chi connectivity index (χ3n) is 4.30. The number of carbonyl (C=O) groups excluding carboxylic acids is 2. The Bertz CT molecular complexity index is 683. The normalized spacial score (nSPS) is 20.4. The number of halogens is 1. The first kappa shape index (κ1) is 16.5. The van der Waals surface area contributed by atoms with Crippen molar-refractivity contribution in [1.29, 1.82) is 0 Å². The number of pyridine rings is 1. The molecule has 2 amide bonds. The van der Waals surface area contributed by atoms with Crippen molar-refractivity contribution >= 4 is 29.2 Å². The SMILES string of the molecule is C=CC(=O)N1CC=C[C@H]1C(=O)N1CCN(c2ncccc2Cl)CC1. The summed E-state index contributed by atoms with van der Waals surface area (Å²) in [5.41, 5.74) is 0. The molecule has 3 rings (SSSR count). The average Bonchev–Trinajstić information content (AvgIpc) is 3.11. The van der Waals surface area contributed by atoms with Crippen LogP contribution < -0.4 is 4.90 Å². The minimum atomic E-state index is -0.527. The molecule has 0 N–H and O–H groups in total. The van der Waals surface area contributed by atoms with Crippen LogP contribution in [0.3, 0.4) is 0 Å². The van der Waals surface area contributed by atoms with Crippen molar-refractivity contribution < 1.29 is 9.59 Å². The number of hydrogen-bond donors (Lipinski definition) is 0. The van der Waals surface area contributed by atoms with Gasteiger partial charge in [-0.2, -0.15) is 0 Å². The number of hydrogen-bond acceptors (Lipinski definition) is 4. The molecule has 2 aliphatic rings. The lowest BCUT2D eigenvalue weighted by atomic mass is 10.2. The van der Waals surface area contributed by atoms with Gasteiger partial charge >= 0.3 is 0 Å². The molecule has 0 aromatic carbocycles. The van der Waals surface area contributed by atoms with Gasteiger partial charge < -0.3 is 14.7 Å². The van der Waals surface area contributed by atoms with Gasteiger partial charge in [0.1, 0.15) is 11.9 Å². The Balaban J connectivity index is 1.63. The summed E-state index contributed by atoms with van der Waals surface area (Å²) in [6, 6.07) is 3.08. The summed E-state index contributed by atoms with van der Waals surface area (Å²) >= 11 is 6.18. The van der Waals surface area contributed by atoms with E-state index in [1.54, 1.807) is 23.2 Å². The summed E-state index contributed by atoms with van der Waals surface area (Å²) in [6.45, 7) is 6.42. The van der Waals surface area contributed by atoms with Crippen molar-refractivity contribution in [2.75, 3.05) is 37.6 Å². The standard InChI is InChI=1S/C17H19ClN4O2/c1-2-15(23)22-8-4-6-14(22)17(24)21-11-9-20(10-12-21)16-13(18)5-3-7-19-16/h2-7,14H,1,8-12H2/t14-/m0/s1. The number of amides is 2. The molecular weight excluding hydrogens is 328 g/mol. The molecular formula is C17H19ClN4O2. The fraction of sp³-hybridized carbons (Fsp3) is 0.353. The van der Waals surface area contributed by atoms with Crippen molar-refractivity contribution in [3.05, 3.63) is 48.2 Å². The molecule has 0 unspecified atom stereocenters. The average molecular weight is 347 g/mol. The minimum Gasteiger partial charge on any atom is -0.352 e. The van der Waals surface area contributed by atoms with E-state index in [1.165, 1.54) is 11.0 Å². The lowest BCUT2D eigenvalue weighted by Crippen LogP contribution is -2.54. The van der Waals surface area contributed by atoms with Crippen molar-refractivity contribution in [2.24, 2.45) is 0 Å². The molecule has 0 bridgehead atoms. The second-order valence-corrected chi connectivity index (χ2v) is 6.10. The summed E-state index contributed by atoms with van der Waals surface area (Å²) in [4.78, 5) is 34.3. The lowest BCUT2D eigenvalue weighted by molar-refractivity contribution is -0.140. The van der Waals surface area contributed by atoms with E-state index < -0.39 is 6.04 Å². The minimum absolute atomic E-state index is 0.0503. The predicted octanol–water partition coefficient (Wildman–Crippen LogP) is 1.34. The molecule has 0 spiro atoms. The number of nitrogens with zero attached hydrogens (tertiary/aromatic N) is 4. The van der Waals surface area contributed by atoms with E-state index in [9.17, 15) is 9.59 Å². The van der Waals surface area contributed by atoms with Crippen LogP contribution in [0.4, 0.5) is 5.82 Å². The van der Waals surface area contributed by atoms with Crippen LogP contribution in [0.15, 0.2) is 43.1 Å². The fourth-order valence-electron chi connectivity index (χ4n) is 3.02. The maximum Gasteiger partial charge on any atom is 0.249 e. The van der Waals surface area contributed by atoms with Crippen LogP contribution >= 0.6 is 11.6 Å². The van der Waals surface area contributed by atoms with Crippen LogP contribution in [0.5, 0.6) is 0 Å². The molecule has 1 aromatic rings. The molecule has 126 valence electrons. The molecule has 0 saturated carbocycles. The fourth-order valence-corrected chi connectivity index (χ4v) is 3.26. The topological polar surface area (TPSA) is 56.8 Å². The van der Waals surface area contributed by atoms with Crippen LogP contribution in [0, 0.1) is 0 Å². The Labute approximate surface area is 146 Å². The lowest BCUT2D eigenvalue weighted by Gasteiger charge is -2.37. The highest BCUT2D eigenvalue weighted by Crippen LogP contribution is 2.24. The second-order valence-electron chi connectivity index (χ2n) is 5.69. The summed E-state index contributed by atoms with van der Waals surface area (Å²) in [7, 11) is 0. The van der Waals surface area contributed by atoms with E-state index in [2.05, 4.69) is 16.5 Å². The summed E-state index contributed by atoms with van der Waals surface area (Å²) in [5.74, 6) is 0.471. The summed E-state index contributed by atoms with van der Waals surface area (Å²) < 4.78 is 0. The third kappa shape index (κ3) is 3.14. The van der Waals surface area contributed by atoms with Crippen molar-refractivity contribution in [3.8, 4) is 0 Å². The van der Waals surface area contributed by atoms with Gasteiger partial charge in [0.25, 0.3) is 0 Å². The number of piperazine rings is 1. The van der Waals surface area contributed by atoms with Crippen LogP contribution in [0.2, 0.25) is 5.02 Å². The molecule has 2 aliphatic heterocycles. The molecule has 0 aliphatic carbocycles. The molecule has 3 heterocycles. The van der Waals surface area contributed by atoms with Crippen molar-refractivity contribution in [2.45, 2.75) is 6.04 Å². The van der Waals surface area contributed by atoms with Gasteiger partial charge in [-0.25, -0.2) is 4.98 Å². The van der Waals surface area contributed by atoms with Crippen LogP contribution in [0.1, 0.15) is 0 Å². The van der Waals surface area contributed by atoms with Crippen LogP contribution in [0.25, 0.3) is 0 Å². The number of anilines is 1. The molecule has 7 heteroatoms. The summed E-state index contributed by atoms with van der Waals surface area (Å²) in [5, 5.41) is 0.610. The van der Waals surface area contributed by atoms with Crippen molar-refractivity contribution in [1.82, 2.24) is 14.8 Å². The molecule has 1 fully saturated rings. The van der Waals surface area contributed by atoms with Crippen molar-refractivity contribution in [3.63, 3.8) is 0 Å². The Kier molecular flexibility index (Phi) is 4.85. The Morgan fingerprint density at radius 2 is 2.04 bits per heavy atom. The van der Waals surface area contributed by atoms with Gasteiger partial charge in [-0.1, -0.05) is 30.3 Å². The summed E-state index contributed by atoms with van der Waals surface area (Å²) in [6.07, 6.45) is 6.58. The highest BCUT2D eigenvalue weighted by Gasteiger charge is 2.34. The first-order chi connectivity index (χ1) is 11.6. The van der Waals surface area contributed by atoms with E-state index in [0.717, 1.165) is 5.82 Å². The molecule has 1 atom stereocenters. The third-order valence-corrected chi connectivity index (χ3v) is 4.59. The van der Waals surface area contributed by atoms with Gasteiger partial charge in [-0.3, -0.25) is 9.59 Å². The number of rotatable bonds is 3. The van der Waals surface area contributed by atoms with Crippen LogP contribution in [-0.2, 0) is 9.59 Å². The van der Waals surface area contributed by atoms with Gasteiger partial charge in [-0.15, -0.1) is 0 Å². The largest absolute Gasteiger partial charge is 0.352 e. The zero-order valence-corrected chi connectivity index (χ0v) is 14.0. The maximum atomic E-state index is 12.7. The van der Waals surface area contributed by atoms with Gasteiger partial charge in [0.15, 0.2) is 0 Å². The van der Waals surface area contributed by atoms with Gasteiger partial charge in [-0.05, 0) is 18.2 Å². The Hall–Kier alpha value is -2.34. The molecule has 1 saturated heterocycles. The quantitative estimate of drug-likeness (QED) is 0.612. The molecule has 0 radical (unpaired) electrons. The van der Waals surface area contributed by atoms with E-state index in [4.69, 9.17) is 11.6 Å². The first-order valence-corrected chi connectivity index (χ1v) is 8.23. The maximum absolute atomic E-state index is 12.7. The van der Waals surface area contributed by atoms with Crippen LogP contribution in [-0.4, -0.2) is 65.4 Å². The van der Waals surface area contributed by atoms with Gasteiger partial charge in [0.05, 0.1) is 5.02 Å². The molecule has 1 aromatic heterocycles. The van der Waals surface area contributed by atoms with E-state index in [1.807, 2.05) is 12.1 Å². The smallest absolute Gasteiger partial charge is 0.249 e. The zero-order valence-electron chi connectivity index (χ0n) is 13.3. The van der Waals surface area contributed by atoms with Gasteiger partial charge in [0.2, 0.25) is 11.8 Å². The molecule has 24 heavy (non-hydrogen) atoms. The highest BCUT2D eigenvalue weighted by molar-refractivity contribution is 6.32. The first-order valence-electron chi connectivity index (χ1n) is 7.86. The monoisotopic (exact) mass is 346 g/mol. The molecule has 6 nitrogen and oxygen atoms in total. The zero-order chi connectivity index (χ0) is 17.1. The number of aromatic nitrogens is 1. The van der Waals surface area contributed by atoms with Gasteiger partial charge in [0, 0.05) is 38.9 Å². The number of carbonyl (C=O) groups is 2. The van der Waals surface area contributed by atoms with E-state index in [0.29, 0.717) is 37.7 Å². The Morgan fingerprint density at radius 3 is 2.71 bits per heavy atom. The van der Waals surface area contributed by atoms with E-state index >= 15 is 0 Å². The predicted molar refractivity (Wildman–Crippen MR) is 92.9 cm³/mol. The second kappa shape index (κ2) is 7.05. The Morgan fingerprint density at radius 1 is 1.29 bits per heavy atom. The van der Waals surface area contributed by atoms with E-state index in [-0.39, 0.29) is 11.8 Å². The highest BCUT2D eigenvalue weighted by atomic mass is 35.5.